The molecule has 49 heavy (non-hydrogen) atoms. The van der Waals surface area contributed by atoms with Crippen molar-refractivity contribution in [2.24, 2.45) is 0 Å². The van der Waals surface area contributed by atoms with E-state index < -0.39 is 5.41 Å². The lowest BCUT2D eigenvalue weighted by Crippen LogP contribution is -2.40. The molecule has 1 heterocycles. The van der Waals surface area contributed by atoms with Gasteiger partial charge in [0.05, 0.1) is 16.4 Å². The Kier molecular flexibility index (Phi) is 5.87. The molecule has 2 nitrogen and oxygen atoms in total. The summed E-state index contributed by atoms with van der Waals surface area (Å²) in [4.78, 5) is 5.11. The number of rotatable bonds is 3. The van der Waals surface area contributed by atoms with E-state index in [4.69, 9.17) is 4.98 Å². The molecule has 7 aromatic carbocycles. The summed E-state index contributed by atoms with van der Waals surface area (Å²) in [5.41, 5.74) is 17.1. The molecule has 2 aliphatic carbocycles. The highest BCUT2D eigenvalue weighted by molar-refractivity contribution is 5.89. The zero-order valence-electron chi connectivity index (χ0n) is 27.6. The summed E-state index contributed by atoms with van der Waals surface area (Å²) < 4.78 is 2.27. The summed E-state index contributed by atoms with van der Waals surface area (Å²) in [5, 5.41) is 0. The van der Waals surface area contributed by atoms with Crippen LogP contribution in [-0.4, -0.2) is 9.55 Å². The van der Waals surface area contributed by atoms with Gasteiger partial charge in [0.25, 0.3) is 0 Å². The minimum absolute atomic E-state index is 0.150. The lowest BCUT2D eigenvalue weighted by molar-refractivity contribution is 0.563. The van der Waals surface area contributed by atoms with Crippen LogP contribution < -0.4 is 0 Å². The molecule has 1 spiro atoms. The van der Waals surface area contributed by atoms with Crippen molar-refractivity contribution in [2.75, 3.05) is 0 Å². The van der Waals surface area contributed by atoms with Crippen molar-refractivity contribution in [3.8, 4) is 39.3 Å². The van der Waals surface area contributed by atoms with Crippen molar-refractivity contribution in [1.29, 1.82) is 0 Å². The molecule has 0 radical (unpaired) electrons. The Labute approximate surface area is 287 Å². The smallest absolute Gasteiger partial charge is 0.145 e. The normalized spacial score (nSPS) is 14.7. The number of nitrogens with zero attached hydrogens (tertiary/aromatic N) is 2. The van der Waals surface area contributed by atoms with Crippen LogP contribution in [0, 0.1) is 0 Å². The SMILES string of the molecule is CC1(C)c2ccccc2C2(c3ccccc3-c3ccccc32)c2cc(-c3ccc(-c4nc5ccccc5n4-c4ccccc4)cc3)ccc21. The van der Waals surface area contributed by atoms with Gasteiger partial charge in [-0.15, -0.1) is 0 Å². The lowest BCUT2D eigenvalue weighted by Gasteiger charge is -2.46. The second-order valence-corrected chi connectivity index (χ2v) is 13.9. The topological polar surface area (TPSA) is 17.8 Å². The summed E-state index contributed by atoms with van der Waals surface area (Å²) in [6.07, 6.45) is 0. The Morgan fingerprint density at radius 1 is 0.429 bits per heavy atom. The van der Waals surface area contributed by atoms with Gasteiger partial charge < -0.3 is 0 Å². The standard InChI is InChI=1S/C47H34N2/c1-46(2)39-20-10-11-21-41(39)47(37-18-8-6-16-35(37)36-17-7-9-19-38(36)47)42-30-33(28-29-40(42)46)31-24-26-32(27-25-31)45-48-43-22-12-13-23-44(43)49(45)34-14-4-3-5-15-34/h3-30H,1-2H3. The molecule has 0 bridgehead atoms. The van der Waals surface area contributed by atoms with Crippen molar-refractivity contribution in [1.82, 2.24) is 9.55 Å². The van der Waals surface area contributed by atoms with Crippen LogP contribution in [0.1, 0.15) is 47.2 Å². The fourth-order valence-electron chi connectivity index (χ4n) is 8.91. The van der Waals surface area contributed by atoms with Crippen molar-refractivity contribution >= 4 is 11.0 Å². The third kappa shape index (κ3) is 3.80. The highest BCUT2D eigenvalue weighted by Gasteiger charge is 2.53. The maximum Gasteiger partial charge on any atom is 0.145 e. The van der Waals surface area contributed by atoms with Crippen LogP contribution in [0.5, 0.6) is 0 Å². The van der Waals surface area contributed by atoms with Gasteiger partial charge in [-0.05, 0) is 86.0 Å². The molecule has 0 N–H and O–H groups in total. The van der Waals surface area contributed by atoms with Gasteiger partial charge in [-0.3, -0.25) is 4.57 Å². The largest absolute Gasteiger partial charge is 0.292 e. The average molecular weight is 627 g/mol. The van der Waals surface area contributed by atoms with Crippen molar-refractivity contribution in [3.05, 3.63) is 203 Å². The zero-order chi connectivity index (χ0) is 32.7. The molecule has 0 saturated carbocycles. The van der Waals surface area contributed by atoms with E-state index in [0.29, 0.717) is 0 Å². The Hall–Kier alpha value is -5.99. The number of aromatic nitrogens is 2. The summed E-state index contributed by atoms with van der Waals surface area (Å²) >= 11 is 0. The van der Waals surface area contributed by atoms with Gasteiger partial charge in [-0.25, -0.2) is 4.98 Å². The van der Waals surface area contributed by atoms with Crippen LogP contribution in [0.3, 0.4) is 0 Å². The second kappa shape index (κ2) is 10.3. The summed E-state index contributed by atoms with van der Waals surface area (Å²) in [7, 11) is 0. The first kappa shape index (κ1) is 28.1. The number of imidazole rings is 1. The summed E-state index contributed by atoms with van der Waals surface area (Å²) in [5.74, 6) is 0.945. The highest BCUT2D eigenvalue weighted by atomic mass is 15.1. The second-order valence-electron chi connectivity index (χ2n) is 13.9. The number of hydrogen-bond acceptors (Lipinski definition) is 1. The Morgan fingerprint density at radius 3 is 1.67 bits per heavy atom. The van der Waals surface area contributed by atoms with Crippen LogP contribution in [-0.2, 0) is 10.8 Å². The predicted octanol–water partition coefficient (Wildman–Crippen LogP) is 11.4. The first-order chi connectivity index (χ1) is 24.1. The first-order valence-electron chi connectivity index (χ1n) is 17.1. The van der Waals surface area contributed by atoms with E-state index in [2.05, 4.69) is 188 Å². The van der Waals surface area contributed by atoms with Crippen LogP contribution in [0.2, 0.25) is 0 Å². The van der Waals surface area contributed by atoms with Crippen LogP contribution in [0.25, 0.3) is 50.4 Å². The maximum absolute atomic E-state index is 5.11. The monoisotopic (exact) mass is 626 g/mol. The molecule has 1 aromatic heterocycles. The molecule has 2 heteroatoms. The highest BCUT2D eigenvalue weighted by Crippen LogP contribution is 2.62. The van der Waals surface area contributed by atoms with Gasteiger partial charge in [0.1, 0.15) is 5.82 Å². The molecule has 0 unspecified atom stereocenters. The quantitative estimate of drug-likeness (QED) is 0.191. The molecule has 232 valence electrons. The van der Waals surface area contributed by atoms with Crippen molar-refractivity contribution in [3.63, 3.8) is 0 Å². The fourth-order valence-corrected chi connectivity index (χ4v) is 8.91. The third-order valence-corrected chi connectivity index (χ3v) is 11.1. The molecule has 0 aliphatic heterocycles. The average Bonchev–Trinajstić information content (AvgIpc) is 3.69. The van der Waals surface area contributed by atoms with E-state index in [1.54, 1.807) is 0 Å². The van der Waals surface area contributed by atoms with Crippen molar-refractivity contribution < 1.29 is 0 Å². The van der Waals surface area contributed by atoms with Gasteiger partial charge in [-0.2, -0.15) is 0 Å². The number of fused-ring (bicyclic) bond motifs is 10. The third-order valence-electron chi connectivity index (χ3n) is 11.1. The molecule has 2 aliphatic rings. The zero-order valence-corrected chi connectivity index (χ0v) is 27.6. The van der Waals surface area contributed by atoms with Gasteiger partial charge >= 0.3 is 0 Å². The minimum atomic E-state index is -0.398. The summed E-state index contributed by atoms with van der Waals surface area (Å²) in [6, 6.07) is 62.3. The number of benzene rings is 7. The predicted molar refractivity (Wildman–Crippen MR) is 201 cm³/mol. The van der Waals surface area contributed by atoms with E-state index in [1.165, 1.54) is 55.6 Å². The van der Waals surface area contributed by atoms with Crippen molar-refractivity contribution in [2.45, 2.75) is 24.7 Å². The maximum atomic E-state index is 5.11. The van der Waals surface area contributed by atoms with Crippen LogP contribution >= 0.6 is 0 Å². The van der Waals surface area contributed by atoms with Gasteiger partial charge in [0.2, 0.25) is 0 Å². The number of para-hydroxylation sites is 3. The van der Waals surface area contributed by atoms with E-state index in [9.17, 15) is 0 Å². The summed E-state index contributed by atoms with van der Waals surface area (Å²) in [6.45, 7) is 4.77. The fraction of sp³-hybridized carbons (Fsp3) is 0.0851. The molecule has 0 amide bonds. The lowest BCUT2D eigenvalue weighted by atomic mass is 9.55. The van der Waals surface area contributed by atoms with Gasteiger partial charge in [0.15, 0.2) is 0 Å². The van der Waals surface area contributed by atoms with E-state index in [0.717, 1.165) is 28.1 Å². The Bertz CT molecular complexity index is 2520. The van der Waals surface area contributed by atoms with Crippen LogP contribution in [0.15, 0.2) is 170 Å². The van der Waals surface area contributed by atoms with E-state index in [1.807, 2.05) is 0 Å². The minimum Gasteiger partial charge on any atom is -0.292 e. The number of hydrogen-bond donors (Lipinski definition) is 0. The molecule has 0 saturated heterocycles. The molecule has 8 aromatic rings. The van der Waals surface area contributed by atoms with E-state index >= 15 is 0 Å². The Balaban J connectivity index is 1.17. The van der Waals surface area contributed by atoms with Gasteiger partial charge in [0, 0.05) is 16.7 Å². The molecular weight excluding hydrogens is 593 g/mol. The molecule has 0 fully saturated rings. The molecular formula is C47H34N2. The Morgan fingerprint density at radius 2 is 0.959 bits per heavy atom. The van der Waals surface area contributed by atoms with Gasteiger partial charge in [-0.1, -0.05) is 153 Å². The first-order valence-corrected chi connectivity index (χ1v) is 17.1. The molecule has 0 atom stereocenters. The van der Waals surface area contributed by atoms with Crippen LogP contribution in [0.4, 0.5) is 0 Å². The molecule has 10 rings (SSSR count). The van der Waals surface area contributed by atoms with E-state index in [-0.39, 0.29) is 5.41 Å².